The molecule has 0 radical (unpaired) electrons. The summed E-state index contributed by atoms with van der Waals surface area (Å²) in [7, 11) is 0. The Morgan fingerprint density at radius 1 is 1.26 bits per heavy atom. The molecule has 1 aromatic heterocycles. The fraction of sp³-hybridized carbons (Fsp3) is 0.333. The number of amides is 2. The molecule has 0 fully saturated rings. The van der Waals surface area contributed by atoms with Gasteiger partial charge in [0.1, 0.15) is 0 Å². The Balaban J connectivity index is 1.87. The number of aliphatic hydroxyl groups is 1. The van der Waals surface area contributed by atoms with Crippen LogP contribution in [0.1, 0.15) is 25.3 Å². The number of carbonyl (C=O) groups excluding carboxylic acids is 1. The Labute approximate surface area is 136 Å². The summed E-state index contributed by atoms with van der Waals surface area (Å²) in [6, 6.07) is 13.6. The zero-order valence-electron chi connectivity index (χ0n) is 13.3. The Bertz CT molecular complexity index is 617. The van der Waals surface area contributed by atoms with Gasteiger partial charge in [0, 0.05) is 31.0 Å². The second-order valence-electron chi connectivity index (χ2n) is 5.51. The van der Waals surface area contributed by atoms with Crippen LogP contribution in [-0.2, 0) is 6.54 Å². The molecule has 2 aromatic rings. The van der Waals surface area contributed by atoms with E-state index in [9.17, 15) is 4.79 Å². The van der Waals surface area contributed by atoms with Gasteiger partial charge in [0.25, 0.3) is 0 Å². The Hall–Kier alpha value is -2.40. The fourth-order valence-electron chi connectivity index (χ4n) is 2.30. The summed E-state index contributed by atoms with van der Waals surface area (Å²) in [6.07, 6.45) is 3.22. The first-order valence-corrected chi connectivity index (χ1v) is 7.84. The maximum atomic E-state index is 11.8. The SMILES string of the molecule is CC(CCCO)NC(=O)NCc1cccc(-c2ccccn2)c1. The molecule has 1 atom stereocenters. The van der Waals surface area contributed by atoms with Crippen molar-refractivity contribution in [1.29, 1.82) is 0 Å². The largest absolute Gasteiger partial charge is 0.396 e. The van der Waals surface area contributed by atoms with Crippen LogP contribution in [0, 0.1) is 0 Å². The van der Waals surface area contributed by atoms with Crippen molar-refractivity contribution in [2.24, 2.45) is 0 Å². The molecule has 1 aromatic carbocycles. The second kappa shape index (κ2) is 8.90. The predicted octanol–water partition coefficient (Wildman–Crippen LogP) is 2.71. The lowest BCUT2D eigenvalue weighted by Crippen LogP contribution is -2.40. The van der Waals surface area contributed by atoms with Gasteiger partial charge in [-0.05, 0) is 43.5 Å². The highest BCUT2D eigenvalue weighted by molar-refractivity contribution is 5.74. The summed E-state index contributed by atoms with van der Waals surface area (Å²) in [4.78, 5) is 16.2. The van der Waals surface area contributed by atoms with Crippen molar-refractivity contribution in [3.05, 3.63) is 54.2 Å². The van der Waals surface area contributed by atoms with Crippen LogP contribution in [0.4, 0.5) is 4.79 Å². The molecule has 0 aliphatic rings. The first kappa shape index (κ1) is 17.0. The highest BCUT2D eigenvalue weighted by Gasteiger charge is 2.07. The first-order valence-electron chi connectivity index (χ1n) is 7.84. The number of hydrogen-bond donors (Lipinski definition) is 3. The van der Waals surface area contributed by atoms with Gasteiger partial charge < -0.3 is 15.7 Å². The lowest BCUT2D eigenvalue weighted by Gasteiger charge is -2.14. The number of pyridine rings is 1. The highest BCUT2D eigenvalue weighted by Crippen LogP contribution is 2.17. The number of urea groups is 1. The van der Waals surface area contributed by atoms with Crippen molar-refractivity contribution >= 4 is 6.03 Å². The molecule has 23 heavy (non-hydrogen) atoms. The van der Waals surface area contributed by atoms with Crippen molar-refractivity contribution in [2.75, 3.05) is 6.61 Å². The zero-order chi connectivity index (χ0) is 16.5. The van der Waals surface area contributed by atoms with Gasteiger partial charge in [-0.2, -0.15) is 0 Å². The van der Waals surface area contributed by atoms with Crippen LogP contribution in [0.15, 0.2) is 48.7 Å². The van der Waals surface area contributed by atoms with Gasteiger partial charge in [-0.1, -0.05) is 24.3 Å². The van der Waals surface area contributed by atoms with Crippen LogP contribution in [0.3, 0.4) is 0 Å². The molecule has 2 amide bonds. The minimum atomic E-state index is -0.196. The van der Waals surface area contributed by atoms with Crippen molar-refractivity contribution in [2.45, 2.75) is 32.4 Å². The van der Waals surface area contributed by atoms with E-state index in [1.165, 1.54) is 0 Å². The average Bonchev–Trinajstić information content (AvgIpc) is 2.59. The molecule has 1 unspecified atom stereocenters. The van der Waals surface area contributed by atoms with Crippen molar-refractivity contribution in [3.8, 4) is 11.3 Å². The van der Waals surface area contributed by atoms with E-state index in [0.29, 0.717) is 13.0 Å². The third-order valence-corrected chi connectivity index (χ3v) is 3.51. The molecular weight excluding hydrogens is 290 g/mol. The topological polar surface area (TPSA) is 74.2 Å². The maximum absolute atomic E-state index is 11.8. The number of hydrogen-bond acceptors (Lipinski definition) is 3. The smallest absolute Gasteiger partial charge is 0.315 e. The molecule has 1 heterocycles. The molecule has 0 bridgehead atoms. The summed E-state index contributed by atoms with van der Waals surface area (Å²) in [5.74, 6) is 0. The van der Waals surface area contributed by atoms with Crippen molar-refractivity contribution in [1.82, 2.24) is 15.6 Å². The third-order valence-electron chi connectivity index (χ3n) is 3.51. The number of aliphatic hydroxyl groups excluding tert-OH is 1. The van der Waals surface area contributed by atoms with E-state index in [1.807, 2.05) is 49.4 Å². The molecule has 0 aliphatic carbocycles. The molecular formula is C18H23N3O2. The van der Waals surface area contributed by atoms with E-state index in [2.05, 4.69) is 15.6 Å². The molecule has 0 saturated carbocycles. The van der Waals surface area contributed by atoms with Gasteiger partial charge >= 0.3 is 6.03 Å². The maximum Gasteiger partial charge on any atom is 0.315 e. The first-order chi connectivity index (χ1) is 11.2. The monoisotopic (exact) mass is 313 g/mol. The Morgan fingerprint density at radius 3 is 2.87 bits per heavy atom. The van der Waals surface area contributed by atoms with Gasteiger partial charge in [-0.3, -0.25) is 4.98 Å². The number of benzene rings is 1. The molecule has 0 saturated heterocycles. The van der Waals surface area contributed by atoms with Crippen LogP contribution in [0.2, 0.25) is 0 Å². The van der Waals surface area contributed by atoms with Gasteiger partial charge in [0.05, 0.1) is 5.69 Å². The summed E-state index contributed by atoms with van der Waals surface area (Å²) in [5, 5.41) is 14.5. The van der Waals surface area contributed by atoms with E-state index >= 15 is 0 Å². The summed E-state index contributed by atoms with van der Waals surface area (Å²) in [5.41, 5.74) is 2.96. The van der Waals surface area contributed by atoms with E-state index in [-0.39, 0.29) is 18.7 Å². The summed E-state index contributed by atoms with van der Waals surface area (Å²) < 4.78 is 0. The average molecular weight is 313 g/mol. The third kappa shape index (κ3) is 5.71. The normalized spacial score (nSPS) is 11.7. The van der Waals surface area contributed by atoms with Crippen LogP contribution >= 0.6 is 0 Å². The van der Waals surface area contributed by atoms with Crippen LogP contribution in [-0.4, -0.2) is 28.8 Å². The number of nitrogens with one attached hydrogen (secondary N) is 2. The zero-order valence-corrected chi connectivity index (χ0v) is 13.3. The molecule has 122 valence electrons. The second-order valence-corrected chi connectivity index (χ2v) is 5.51. The summed E-state index contributed by atoms with van der Waals surface area (Å²) >= 11 is 0. The fourth-order valence-corrected chi connectivity index (χ4v) is 2.30. The van der Waals surface area contributed by atoms with Gasteiger partial charge in [0.2, 0.25) is 0 Å². The minimum Gasteiger partial charge on any atom is -0.396 e. The number of aromatic nitrogens is 1. The number of carbonyl (C=O) groups is 1. The molecule has 2 rings (SSSR count). The molecule has 5 heteroatoms. The molecule has 5 nitrogen and oxygen atoms in total. The Kier molecular flexibility index (Phi) is 6.56. The lowest BCUT2D eigenvalue weighted by molar-refractivity contribution is 0.234. The molecule has 0 aliphatic heterocycles. The Morgan fingerprint density at radius 2 is 2.13 bits per heavy atom. The predicted molar refractivity (Wildman–Crippen MR) is 90.8 cm³/mol. The van der Waals surface area contributed by atoms with Crippen molar-refractivity contribution < 1.29 is 9.90 Å². The van der Waals surface area contributed by atoms with Crippen molar-refractivity contribution in [3.63, 3.8) is 0 Å². The van der Waals surface area contributed by atoms with Crippen LogP contribution in [0.5, 0.6) is 0 Å². The number of rotatable bonds is 7. The van der Waals surface area contributed by atoms with Gasteiger partial charge in [-0.25, -0.2) is 4.79 Å². The lowest BCUT2D eigenvalue weighted by atomic mass is 10.1. The molecule has 0 spiro atoms. The van der Waals surface area contributed by atoms with Gasteiger partial charge in [0.15, 0.2) is 0 Å². The highest BCUT2D eigenvalue weighted by atomic mass is 16.3. The summed E-state index contributed by atoms with van der Waals surface area (Å²) in [6.45, 7) is 2.53. The van der Waals surface area contributed by atoms with Gasteiger partial charge in [-0.15, -0.1) is 0 Å². The van der Waals surface area contributed by atoms with Crippen LogP contribution < -0.4 is 10.6 Å². The van der Waals surface area contributed by atoms with E-state index in [4.69, 9.17) is 5.11 Å². The minimum absolute atomic E-state index is 0.0435. The van der Waals surface area contributed by atoms with E-state index < -0.39 is 0 Å². The van der Waals surface area contributed by atoms with E-state index in [0.717, 1.165) is 23.2 Å². The number of nitrogens with zero attached hydrogens (tertiary/aromatic N) is 1. The van der Waals surface area contributed by atoms with Crippen LogP contribution in [0.25, 0.3) is 11.3 Å². The molecule has 3 N–H and O–H groups in total. The van der Waals surface area contributed by atoms with E-state index in [1.54, 1.807) is 6.20 Å². The quantitative estimate of drug-likeness (QED) is 0.736. The standard InChI is InChI=1S/C18H23N3O2/c1-14(6-5-11-22)21-18(23)20-13-15-7-4-8-16(12-15)17-9-2-3-10-19-17/h2-4,7-10,12,14,22H,5-6,11,13H2,1H3,(H2,20,21,23).